The number of hydrogen-bond acceptors (Lipinski definition) is 2. The van der Waals surface area contributed by atoms with Gasteiger partial charge in [0.05, 0.1) is 0 Å². The van der Waals surface area contributed by atoms with Crippen LogP contribution in [-0.2, 0) is 6.42 Å². The predicted molar refractivity (Wildman–Crippen MR) is 59.4 cm³/mol. The van der Waals surface area contributed by atoms with E-state index in [0.717, 1.165) is 17.7 Å². The van der Waals surface area contributed by atoms with Gasteiger partial charge in [0.1, 0.15) is 5.75 Å². The molecule has 0 aliphatic rings. The minimum absolute atomic E-state index is 0.851. The molecule has 0 fully saturated rings. The Balaban J connectivity index is 2.71. The zero-order valence-corrected chi connectivity index (χ0v) is 9.10. The Hall–Kier alpha value is -0.630. The third-order valence-corrected chi connectivity index (χ3v) is 2.35. The Morgan fingerprint density at radius 3 is 2.69 bits per heavy atom. The SMILES string of the molecule is CCCCc1ccc(OS)c(C)c1. The highest BCUT2D eigenvalue weighted by atomic mass is 32.1. The van der Waals surface area contributed by atoms with Gasteiger partial charge in [0, 0.05) is 12.9 Å². The zero-order valence-electron chi connectivity index (χ0n) is 8.21. The molecule has 0 aliphatic heterocycles. The van der Waals surface area contributed by atoms with Crippen LogP contribution in [0, 0.1) is 6.92 Å². The van der Waals surface area contributed by atoms with Crippen LogP contribution in [0.3, 0.4) is 0 Å². The van der Waals surface area contributed by atoms with Crippen molar-refractivity contribution in [1.29, 1.82) is 0 Å². The van der Waals surface area contributed by atoms with Gasteiger partial charge in [-0.05, 0) is 37.0 Å². The normalized spacial score (nSPS) is 10.1. The van der Waals surface area contributed by atoms with Gasteiger partial charge in [-0.1, -0.05) is 25.5 Å². The van der Waals surface area contributed by atoms with Crippen LogP contribution in [0.15, 0.2) is 18.2 Å². The number of rotatable bonds is 4. The second-order valence-corrected chi connectivity index (χ2v) is 3.48. The number of unbranched alkanes of at least 4 members (excludes halogenated alkanes) is 1. The van der Waals surface area contributed by atoms with E-state index in [4.69, 9.17) is 4.18 Å². The molecular weight excluding hydrogens is 180 g/mol. The molecule has 1 rings (SSSR count). The smallest absolute Gasteiger partial charge is 0.139 e. The first-order valence-corrected chi connectivity index (χ1v) is 5.05. The maximum absolute atomic E-state index is 4.90. The van der Waals surface area contributed by atoms with E-state index in [1.807, 2.05) is 13.0 Å². The van der Waals surface area contributed by atoms with Crippen LogP contribution in [0.25, 0.3) is 0 Å². The van der Waals surface area contributed by atoms with Crippen LogP contribution < -0.4 is 4.18 Å². The minimum atomic E-state index is 0.851. The Kier molecular flexibility index (Phi) is 4.16. The lowest BCUT2D eigenvalue weighted by atomic mass is 10.1. The fraction of sp³-hybridized carbons (Fsp3) is 0.455. The van der Waals surface area contributed by atoms with Crippen molar-refractivity contribution in [2.75, 3.05) is 0 Å². The molecule has 1 aromatic rings. The highest BCUT2D eigenvalue weighted by molar-refractivity contribution is 7.75. The molecule has 0 aromatic heterocycles. The molecular formula is C11H16OS. The van der Waals surface area contributed by atoms with E-state index < -0.39 is 0 Å². The molecule has 0 atom stereocenters. The second-order valence-electron chi connectivity index (χ2n) is 3.29. The van der Waals surface area contributed by atoms with Crippen molar-refractivity contribution in [3.63, 3.8) is 0 Å². The molecule has 0 unspecified atom stereocenters. The van der Waals surface area contributed by atoms with Crippen molar-refractivity contribution in [1.82, 2.24) is 0 Å². The average Bonchev–Trinajstić information content (AvgIpc) is 2.15. The Morgan fingerprint density at radius 2 is 2.15 bits per heavy atom. The van der Waals surface area contributed by atoms with Gasteiger partial charge < -0.3 is 4.18 Å². The molecule has 0 amide bonds. The predicted octanol–water partition coefficient (Wildman–Crippen LogP) is 3.56. The molecule has 13 heavy (non-hydrogen) atoms. The lowest BCUT2D eigenvalue weighted by Gasteiger charge is -2.05. The summed E-state index contributed by atoms with van der Waals surface area (Å²) < 4.78 is 4.90. The number of benzene rings is 1. The maximum atomic E-state index is 4.90. The fourth-order valence-electron chi connectivity index (χ4n) is 1.35. The van der Waals surface area contributed by atoms with E-state index in [1.54, 1.807) is 0 Å². The summed E-state index contributed by atoms with van der Waals surface area (Å²) in [5, 5.41) is 0. The van der Waals surface area contributed by atoms with Crippen molar-refractivity contribution in [3.05, 3.63) is 29.3 Å². The Bertz CT molecular complexity index is 271. The van der Waals surface area contributed by atoms with E-state index in [1.165, 1.54) is 18.4 Å². The van der Waals surface area contributed by atoms with Gasteiger partial charge in [0.15, 0.2) is 0 Å². The van der Waals surface area contributed by atoms with Crippen LogP contribution in [-0.4, -0.2) is 0 Å². The lowest BCUT2D eigenvalue weighted by molar-refractivity contribution is 0.651. The molecule has 72 valence electrons. The molecule has 0 heterocycles. The van der Waals surface area contributed by atoms with Gasteiger partial charge in [0.2, 0.25) is 0 Å². The quantitative estimate of drug-likeness (QED) is 0.572. The number of thiol groups is 1. The van der Waals surface area contributed by atoms with Crippen molar-refractivity contribution in [2.24, 2.45) is 0 Å². The minimum Gasteiger partial charge on any atom is -0.429 e. The van der Waals surface area contributed by atoms with Crippen LogP contribution >= 0.6 is 12.9 Å². The zero-order chi connectivity index (χ0) is 9.68. The Labute approximate surface area is 85.7 Å². The molecule has 2 heteroatoms. The van der Waals surface area contributed by atoms with E-state index in [0.29, 0.717) is 0 Å². The summed E-state index contributed by atoms with van der Waals surface area (Å²) in [5.41, 5.74) is 2.54. The van der Waals surface area contributed by atoms with Crippen LogP contribution in [0.4, 0.5) is 0 Å². The highest BCUT2D eigenvalue weighted by Gasteiger charge is 1.99. The fourth-order valence-corrected chi connectivity index (χ4v) is 1.56. The summed E-state index contributed by atoms with van der Waals surface area (Å²) in [5.74, 6) is 0.851. The second kappa shape index (κ2) is 5.18. The standard InChI is InChI=1S/C11H16OS/c1-3-4-5-10-6-7-11(12-13)9(2)8-10/h6-8,13H,3-5H2,1-2H3. The number of hydrogen-bond donors (Lipinski definition) is 1. The topological polar surface area (TPSA) is 9.23 Å². The van der Waals surface area contributed by atoms with Gasteiger partial charge in [-0.3, -0.25) is 0 Å². The Morgan fingerprint density at radius 1 is 1.38 bits per heavy atom. The van der Waals surface area contributed by atoms with Crippen LogP contribution in [0.1, 0.15) is 30.9 Å². The van der Waals surface area contributed by atoms with Gasteiger partial charge in [0.25, 0.3) is 0 Å². The molecule has 1 nitrogen and oxygen atoms in total. The summed E-state index contributed by atoms with van der Waals surface area (Å²) in [7, 11) is 0. The summed E-state index contributed by atoms with van der Waals surface area (Å²) >= 11 is 3.78. The van der Waals surface area contributed by atoms with Gasteiger partial charge in [-0.25, -0.2) is 0 Å². The van der Waals surface area contributed by atoms with E-state index in [-0.39, 0.29) is 0 Å². The van der Waals surface area contributed by atoms with Crippen molar-refractivity contribution in [3.8, 4) is 5.75 Å². The highest BCUT2D eigenvalue weighted by Crippen LogP contribution is 2.20. The molecule has 0 radical (unpaired) electrons. The van der Waals surface area contributed by atoms with Crippen LogP contribution in [0.5, 0.6) is 5.75 Å². The molecule has 0 spiro atoms. The first-order valence-electron chi connectivity index (χ1n) is 4.69. The van der Waals surface area contributed by atoms with Crippen molar-refractivity contribution < 1.29 is 4.18 Å². The molecule has 0 N–H and O–H groups in total. The summed E-state index contributed by atoms with van der Waals surface area (Å²) in [6.45, 7) is 4.25. The van der Waals surface area contributed by atoms with Crippen LogP contribution in [0.2, 0.25) is 0 Å². The third-order valence-electron chi connectivity index (χ3n) is 2.16. The number of aryl methyl sites for hydroxylation is 2. The van der Waals surface area contributed by atoms with Crippen molar-refractivity contribution in [2.45, 2.75) is 33.1 Å². The summed E-state index contributed by atoms with van der Waals surface area (Å²) in [6.07, 6.45) is 3.65. The molecule has 1 aromatic carbocycles. The van der Waals surface area contributed by atoms with E-state index in [2.05, 4.69) is 32.0 Å². The monoisotopic (exact) mass is 196 g/mol. The molecule has 0 saturated heterocycles. The maximum Gasteiger partial charge on any atom is 0.139 e. The molecule has 0 saturated carbocycles. The van der Waals surface area contributed by atoms with Gasteiger partial charge in [-0.15, -0.1) is 0 Å². The average molecular weight is 196 g/mol. The lowest BCUT2D eigenvalue weighted by Crippen LogP contribution is -1.87. The van der Waals surface area contributed by atoms with E-state index in [9.17, 15) is 0 Å². The summed E-state index contributed by atoms with van der Waals surface area (Å²) in [6, 6.07) is 6.25. The largest absolute Gasteiger partial charge is 0.429 e. The van der Waals surface area contributed by atoms with Gasteiger partial charge in [-0.2, -0.15) is 0 Å². The molecule has 0 aliphatic carbocycles. The van der Waals surface area contributed by atoms with E-state index >= 15 is 0 Å². The third kappa shape index (κ3) is 2.96. The molecule has 0 bridgehead atoms. The summed E-state index contributed by atoms with van der Waals surface area (Å²) in [4.78, 5) is 0. The van der Waals surface area contributed by atoms with Crippen molar-refractivity contribution >= 4 is 12.9 Å². The first-order chi connectivity index (χ1) is 6.27. The first kappa shape index (κ1) is 10.5. The van der Waals surface area contributed by atoms with Gasteiger partial charge >= 0.3 is 0 Å².